The van der Waals surface area contributed by atoms with Crippen molar-refractivity contribution in [3.63, 3.8) is 0 Å². The minimum Gasteiger partial charge on any atom is -0.363 e. The Hall–Kier alpha value is -2.88. The highest BCUT2D eigenvalue weighted by atomic mass is 15.3. The predicted molar refractivity (Wildman–Crippen MR) is 106 cm³/mol. The van der Waals surface area contributed by atoms with Crippen LogP contribution in [-0.2, 0) is 12.8 Å². The molecule has 1 aliphatic heterocycles. The lowest BCUT2D eigenvalue weighted by atomic mass is 10.1. The summed E-state index contributed by atoms with van der Waals surface area (Å²) in [6, 6.07) is 6.38. The van der Waals surface area contributed by atoms with Gasteiger partial charge in [0, 0.05) is 57.7 Å². The fraction of sp³-hybridized carbons (Fsp3) is 0.500. The monoisotopic (exact) mass is 363 g/mol. The molecule has 7 heteroatoms. The Labute approximate surface area is 160 Å². The largest absolute Gasteiger partial charge is 0.363 e. The number of aromatic nitrogens is 3. The average Bonchev–Trinajstić information content (AvgIpc) is 3.14. The minimum atomic E-state index is 0.700. The number of nitrogens with zero attached hydrogens (tertiary/aromatic N) is 7. The van der Waals surface area contributed by atoms with Gasteiger partial charge in [-0.25, -0.2) is 9.97 Å². The molecule has 0 spiro atoms. The van der Waals surface area contributed by atoms with Crippen LogP contribution in [0.25, 0.3) is 0 Å². The van der Waals surface area contributed by atoms with Gasteiger partial charge in [0.1, 0.15) is 17.7 Å². The molecule has 0 saturated carbocycles. The molecule has 0 aromatic carbocycles. The summed E-state index contributed by atoms with van der Waals surface area (Å²) in [4.78, 5) is 20.6. The molecule has 1 saturated heterocycles. The molecule has 4 rings (SSSR count). The summed E-state index contributed by atoms with van der Waals surface area (Å²) >= 11 is 0. The lowest BCUT2D eigenvalue weighted by Gasteiger charge is -2.36. The normalized spacial score (nSPS) is 16.2. The first-order valence-corrected chi connectivity index (χ1v) is 9.51. The van der Waals surface area contributed by atoms with Gasteiger partial charge in [-0.1, -0.05) is 0 Å². The molecule has 0 atom stereocenters. The van der Waals surface area contributed by atoms with Gasteiger partial charge in [0.25, 0.3) is 0 Å². The van der Waals surface area contributed by atoms with Crippen LogP contribution in [0, 0.1) is 18.3 Å². The fourth-order valence-electron chi connectivity index (χ4n) is 3.81. The molecule has 0 unspecified atom stereocenters. The maximum Gasteiger partial charge on any atom is 0.227 e. The standard InChI is InChI=1S/C20H25N7/c1-14-11-18(25(2)3)24-20(22-14)27-9-7-26(8-10-27)19-16(13-21)12-15-5-4-6-17(15)23-19/h11-12H,4-10H2,1-3H3. The first-order chi connectivity index (χ1) is 13.0. The molecular weight excluding hydrogens is 338 g/mol. The van der Waals surface area contributed by atoms with Crippen LogP contribution in [-0.4, -0.2) is 55.2 Å². The Morgan fingerprint density at radius 3 is 2.44 bits per heavy atom. The predicted octanol–water partition coefficient (Wildman–Crippen LogP) is 1.93. The number of nitriles is 1. The summed E-state index contributed by atoms with van der Waals surface area (Å²) in [6.07, 6.45) is 3.21. The summed E-state index contributed by atoms with van der Waals surface area (Å²) in [5.74, 6) is 2.55. The molecule has 2 aliphatic rings. The van der Waals surface area contributed by atoms with Crippen molar-refractivity contribution < 1.29 is 0 Å². The van der Waals surface area contributed by atoms with Gasteiger partial charge in [0.05, 0.1) is 5.56 Å². The van der Waals surface area contributed by atoms with Crippen LogP contribution in [0.1, 0.15) is 28.9 Å². The second-order valence-corrected chi connectivity index (χ2v) is 7.47. The Bertz CT molecular complexity index is 892. The van der Waals surface area contributed by atoms with E-state index >= 15 is 0 Å². The van der Waals surface area contributed by atoms with Crippen LogP contribution >= 0.6 is 0 Å². The van der Waals surface area contributed by atoms with Gasteiger partial charge in [0.15, 0.2) is 0 Å². The highest BCUT2D eigenvalue weighted by molar-refractivity contribution is 5.58. The van der Waals surface area contributed by atoms with E-state index in [0.29, 0.717) is 5.56 Å². The van der Waals surface area contributed by atoms with Crippen molar-refractivity contribution in [2.24, 2.45) is 0 Å². The second kappa shape index (κ2) is 7.03. The van der Waals surface area contributed by atoms with Gasteiger partial charge < -0.3 is 14.7 Å². The van der Waals surface area contributed by atoms with Crippen molar-refractivity contribution in [2.75, 3.05) is 55.0 Å². The number of rotatable bonds is 3. The van der Waals surface area contributed by atoms with Crippen molar-refractivity contribution in [3.8, 4) is 6.07 Å². The minimum absolute atomic E-state index is 0.700. The zero-order valence-electron chi connectivity index (χ0n) is 16.2. The SMILES string of the molecule is Cc1cc(N(C)C)nc(N2CCN(c3nc4c(cc3C#N)CCC4)CC2)n1. The molecule has 0 radical (unpaired) electrons. The number of aryl methyl sites for hydroxylation is 3. The molecule has 27 heavy (non-hydrogen) atoms. The molecule has 7 nitrogen and oxygen atoms in total. The van der Waals surface area contributed by atoms with E-state index in [9.17, 15) is 5.26 Å². The second-order valence-electron chi connectivity index (χ2n) is 7.47. The quantitative estimate of drug-likeness (QED) is 0.825. The van der Waals surface area contributed by atoms with Gasteiger partial charge in [-0.15, -0.1) is 0 Å². The van der Waals surface area contributed by atoms with Gasteiger partial charge >= 0.3 is 0 Å². The smallest absolute Gasteiger partial charge is 0.227 e. The molecule has 1 fully saturated rings. The highest BCUT2D eigenvalue weighted by Gasteiger charge is 2.25. The van der Waals surface area contributed by atoms with E-state index in [1.165, 1.54) is 11.3 Å². The van der Waals surface area contributed by atoms with Crippen molar-refractivity contribution >= 4 is 17.6 Å². The molecule has 2 aromatic heterocycles. The van der Waals surface area contributed by atoms with E-state index in [1.807, 2.05) is 38.1 Å². The van der Waals surface area contributed by atoms with Crippen molar-refractivity contribution in [2.45, 2.75) is 26.2 Å². The third-order valence-corrected chi connectivity index (χ3v) is 5.30. The zero-order valence-corrected chi connectivity index (χ0v) is 16.2. The van der Waals surface area contributed by atoms with E-state index in [0.717, 1.165) is 68.7 Å². The summed E-state index contributed by atoms with van der Waals surface area (Å²) in [5.41, 5.74) is 4.09. The molecule has 0 bridgehead atoms. The lowest BCUT2D eigenvalue weighted by Crippen LogP contribution is -2.47. The maximum absolute atomic E-state index is 9.57. The van der Waals surface area contributed by atoms with Crippen LogP contribution in [0.3, 0.4) is 0 Å². The Kier molecular flexibility index (Phi) is 4.56. The molecule has 2 aromatic rings. The Balaban J connectivity index is 1.53. The number of hydrogen-bond acceptors (Lipinski definition) is 7. The van der Waals surface area contributed by atoms with Crippen LogP contribution in [0.5, 0.6) is 0 Å². The molecule has 140 valence electrons. The van der Waals surface area contributed by atoms with Gasteiger partial charge in [-0.2, -0.15) is 10.2 Å². The first-order valence-electron chi connectivity index (χ1n) is 9.51. The van der Waals surface area contributed by atoms with E-state index in [-0.39, 0.29) is 0 Å². The van der Waals surface area contributed by atoms with Gasteiger partial charge in [-0.3, -0.25) is 0 Å². The number of anilines is 3. The Morgan fingerprint density at radius 1 is 1.00 bits per heavy atom. The summed E-state index contributed by atoms with van der Waals surface area (Å²) in [5, 5.41) is 9.57. The summed E-state index contributed by atoms with van der Waals surface area (Å²) < 4.78 is 0. The maximum atomic E-state index is 9.57. The molecule has 0 amide bonds. The fourth-order valence-corrected chi connectivity index (χ4v) is 3.81. The zero-order chi connectivity index (χ0) is 19.0. The molecular formula is C20H25N7. The number of hydrogen-bond donors (Lipinski definition) is 0. The lowest BCUT2D eigenvalue weighted by molar-refractivity contribution is 0.632. The highest BCUT2D eigenvalue weighted by Crippen LogP contribution is 2.28. The topological polar surface area (TPSA) is 72.2 Å². The van der Waals surface area contributed by atoms with E-state index in [2.05, 4.69) is 25.8 Å². The van der Waals surface area contributed by atoms with Crippen LogP contribution in [0.15, 0.2) is 12.1 Å². The third-order valence-electron chi connectivity index (χ3n) is 5.30. The number of pyridine rings is 1. The van der Waals surface area contributed by atoms with Crippen molar-refractivity contribution in [1.82, 2.24) is 15.0 Å². The summed E-state index contributed by atoms with van der Waals surface area (Å²) in [7, 11) is 3.98. The van der Waals surface area contributed by atoms with Crippen molar-refractivity contribution in [1.29, 1.82) is 5.26 Å². The molecule has 1 aliphatic carbocycles. The van der Waals surface area contributed by atoms with Crippen molar-refractivity contribution in [3.05, 3.63) is 34.6 Å². The molecule has 0 N–H and O–H groups in total. The van der Waals surface area contributed by atoms with E-state index < -0.39 is 0 Å². The third kappa shape index (κ3) is 3.39. The summed E-state index contributed by atoms with van der Waals surface area (Å²) in [6.45, 7) is 5.27. The Morgan fingerprint density at radius 2 is 1.74 bits per heavy atom. The first kappa shape index (κ1) is 17.5. The van der Waals surface area contributed by atoms with Crippen LogP contribution < -0.4 is 14.7 Å². The number of piperazine rings is 1. The van der Waals surface area contributed by atoms with E-state index in [1.54, 1.807) is 0 Å². The van der Waals surface area contributed by atoms with Crippen LogP contribution in [0.4, 0.5) is 17.6 Å². The van der Waals surface area contributed by atoms with Gasteiger partial charge in [-0.05, 0) is 37.8 Å². The number of fused-ring (bicyclic) bond motifs is 1. The average molecular weight is 363 g/mol. The molecule has 3 heterocycles. The van der Waals surface area contributed by atoms with Crippen LogP contribution in [0.2, 0.25) is 0 Å². The van der Waals surface area contributed by atoms with E-state index in [4.69, 9.17) is 4.98 Å². The van der Waals surface area contributed by atoms with Gasteiger partial charge in [0.2, 0.25) is 5.95 Å².